The van der Waals surface area contributed by atoms with Gasteiger partial charge in [-0.3, -0.25) is 14.5 Å². The summed E-state index contributed by atoms with van der Waals surface area (Å²) in [6.07, 6.45) is 0.375. The van der Waals surface area contributed by atoms with Crippen LogP contribution in [-0.4, -0.2) is 61.0 Å². The number of carbonyl (C=O) groups is 2. The summed E-state index contributed by atoms with van der Waals surface area (Å²) >= 11 is 6.03. The quantitative estimate of drug-likeness (QED) is 0.569. The highest BCUT2D eigenvalue weighted by atomic mass is 35.5. The smallest absolute Gasteiger partial charge is 0.231 e. The summed E-state index contributed by atoms with van der Waals surface area (Å²) in [5, 5.41) is 5.79. The van der Waals surface area contributed by atoms with Crippen molar-refractivity contribution in [2.24, 2.45) is 0 Å². The molecule has 7 nitrogen and oxygen atoms in total. The lowest BCUT2D eigenvalue weighted by molar-refractivity contribution is -0.117. The second kappa shape index (κ2) is 7.98. The Balaban J connectivity index is 1.22. The van der Waals surface area contributed by atoms with Crippen molar-refractivity contribution < 1.29 is 14.1 Å². The minimum atomic E-state index is 0.0835. The van der Waals surface area contributed by atoms with Gasteiger partial charge in [0.05, 0.1) is 18.4 Å². The zero-order valence-corrected chi connectivity index (χ0v) is 18.1. The fourth-order valence-corrected chi connectivity index (χ4v) is 4.60. The van der Waals surface area contributed by atoms with Crippen LogP contribution >= 0.6 is 11.6 Å². The number of nitrogens with zero attached hydrogens (tertiary/aromatic N) is 4. The van der Waals surface area contributed by atoms with Gasteiger partial charge in [0.2, 0.25) is 5.91 Å². The van der Waals surface area contributed by atoms with E-state index in [1.807, 2.05) is 37.3 Å². The third-order valence-electron chi connectivity index (χ3n) is 6.11. The van der Waals surface area contributed by atoms with Crippen molar-refractivity contribution >= 4 is 45.8 Å². The molecule has 0 saturated carbocycles. The second-order valence-electron chi connectivity index (χ2n) is 7.99. The molecule has 0 aliphatic carbocycles. The van der Waals surface area contributed by atoms with Crippen molar-refractivity contribution in [3.05, 3.63) is 52.5 Å². The van der Waals surface area contributed by atoms with E-state index in [4.69, 9.17) is 16.1 Å². The van der Waals surface area contributed by atoms with Crippen LogP contribution in [0, 0.1) is 0 Å². The van der Waals surface area contributed by atoms with Crippen LogP contribution in [0.5, 0.6) is 0 Å². The van der Waals surface area contributed by atoms with Gasteiger partial charge in [-0.05, 0) is 42.8 Å². The Kier molecular flexibility index (Phi) is 5.16. The molecule has 3 heterocycles. The highest BCUT2D eigenvalue weighted by Crippen LogP contribution is 2.30. The molecule has 0 atom stereocenters. The second-order valence-corrected chi connectivity index (χ2v) is 8.43. The van der Waals surface area contributed by atoms with E-state index in [0.29, 0.717) is 35.7 Å². The fraction of sp³-hybridized carbons (Fsp3) is 0.348. The molecule has 5 rings (SSSR count). The first kappa shape index (κ1) is 20.0. The Morgan fingerprint density at radius 1 is 1.13 bits per heavy atom. The van der Waals surface area contributed by atoms with Crippen LogP contribution in [0.1, 0.15) is 22.8 Å². The predicted octanol–water partition coefficient (Wildman–Crippen LogP) is 3.40. The molecule has 0 N–H and O–H groups in total. The van der Waals surface area contributed by atoms with Gasteiger partial charge in [0, 0.05) is 55.1 Å². The molecule has 8 heteroatoms. The number of Topliss-reactive ketones (excluding diaryl/α,β-unsaturated/α-hetero) is 1. The zero-order valence-electron chi connectivity index (χ0n) is 17.3. The van der Waals surface area contributed by atoms with Crippen molar-refractivity contribution in [1.29, 1.82) is 0 Å². The first-order valence-corrected chi connectivity index (χ1v) is 10.9. The Hall–Kier alpha value is -2.90. The molecule has 2 aliphatic heterocycles. The van der Waals surface area contributed by atoms with Crippen LogP contribution in [0.15, 0.2) is 40.9 Å². The summed E-state index contributed by atoms with van der Waals surface area (Å²) in [5.41, 5.74) is 3.22. The maximum absolute atomic E-state index is 12.9. The minimum absolute atomic E-state index is 0.0835. The number of likely N-dealkylation sites (N-methyl/N-ethyl adjacent to an activating group) is 1. The van der Waals surface area contributed by atoms with Gasteiger partial charge in [0.15, 0.2) is 17.2 Å². The van der Waals surface area contributed by atoms with E-state index >= 15 is 0 Å². The van der Waals surface area contributed by atoms with E-state index in [2.05, 4.69) is 15.0 Å². The number of ketones is 1. The Labute approximate surface area is 185 Å². The van der Waals surface area contributed by atoms with Crippen molar-refractivity contribution in [3.8, 4) is 0 Å². The number of hydrogen-bond acceptors (Lipinski definition) is 6. The Morgan fingerprint density at radius 2 is 1.94 bits per heavy atom. The first-order chi connectivity index (χ1) is 15.0. The molecule has 1 amide bonds. The van der Waals surface area contributed by atoms with E-state index in [0.717, 1.165) is 48.6 Å². The van der Waals surface area contributed by atoms with Crippen LogP contribution in [0.4, 0.5) is 11.5 Å². The number of rotatable bonds is 5. The highest BCUT2D eigenvalue weighted by Gasteiger charge is 2.27. The van der Waals surface area contributed by atoms with E-state index < -0.39 is 0 Å². The molecule has 1 aromatic heterocycles. The van der Waals surface area contributed by atoms with Gasteiger partial charge in [-0.2, -0.15) is 0 Å². The summed E-state index contributed by atoms with van der Waals surface area (Å²) in [7, 11) is 0. The van der Waals surface area contributed by atoms with Crippen molar-refractivity contribution in [2.45, 2.75) is 13.3 Å². The number of piperazine rings is 1. The standard InChI is InChI=1S/C23H23ClN4O3/c1-2-28-19-6-3-15(11-16(19)12-22(28)30)20(29)14-26-7-9-27(10-8-26)23-18-5-4-17(24)13-21(18)31-25-23/h3-6,11,13H,2,7-10,12,14H2,1H3. The van der Waals surface area contributed by atoms with E-state index in [1.54, 1.807) is 11.0 Å². The molecule has 3 aromatic rings. The lowest BCUT2D eigenvalue weighted by Gasteiger charge is -2.34. The Morgan fingerprint density at radius 3 is 2.71 bits per heavy atom. The number of halogens is 1. The minimum Gasteiger partial charge on any atom is -0.354 e. The first-order valence-electron chi connectivity index (χ1n) is 10.5. The van der Waals surface area contributed by atoms with Crippen LogP contribution in [0.25, 0.3) is 11.0 Å². The van der Waals surface area contributed by atoms with Gasteiger partial charge < -0.3 is 14.3 Å². The third-order valence-corrected chi connectivity index (χ3v) is 6.34. The summed E-state index contributed by atoms with van der Waals surface area (Å²) in [6.45, 7) is 6.04. The van der Waals surface area contributed by atoms with Gasteiger partial charge in [0.1, 0.15) is 0 Å². The number of aromatic nitrogens is 1. The number of amides is 1. The molecule has 1 saturated heterocycles. The summed E-state index contributed by atoms with van der Waals surface area (Å²) in [6, 6.07) is 11.2. The van der Waals surface area contributed by atoms with Gasteiger partial charge in [-0.15, -0.1) is 0 Å². The van der Waals surface area contributed by atoms with Crippen LogP contribution < -0.4 is 9.80 Å². The average Bonchev–Trinajstić information content (AvgIpc) is 3.32. The average molecular weight is 439 g/mol. The molecule has 1 fully saturated rings. The van der Waals surface area contributed by atoms with E-state index in [1.165, 1.54) is 0 Å². The molecule has 0 radical (unpaired) electrons. The fourth-order valence-electron chi connectivity index (χ4n) is 4.44. The number of hydrogen-bond donors (Lipinski definition) is 0. The zero-order chi connectivity index (χ0) is 21.5. The Bertz CT molecular complexity index is 1170. The molecular weight excluding hydrogens is 416 g/mol. The molecule has 0 unspecified atom stereocenters. The number of anilines is 2. The van der Waals surface area contributed by atoms with Gasteiger partial charge in [0.25, 0.3) is 0 Å². The van der Waals surface area contributed by atoms with Gasteiger partial charge in [-0.25, -0.2) is 0 Å². The summed E-state index contributed by atoms with van der Waals surface area (Å²) in [5.74, 6) is 1.00. The molecule has 0 bridgehead atoms. The summed E-state index contributed by atoms with van der Waals surface area (Å²) < 4.78 is 5.42. The monoisotopic (exact) mass is 438 g/mol. The lowest BCUT2D eigenvalue weighted by Crippen LogP contribution is -2.48. The molecule has 2 aliphatic rings. The summed E-state index contributed by atoms with van der Waals surface area (Å²) in [4.78, 5) is 31.1. The maximum Gasteiger partial charge on any atom is 0.231 e. The van der Waals surface area contributed by atoms with Gasteiger partial charge >= 0.3 is 0 Å². The maximum atomic E-state index is 12.9. The lowest BCUT2D eigenvalue weighted by atomic mass is 10.0. The normalized spacial score (nSPS) is 16.9. The number of benzene rings is 2. The number of fused-ring (bicyclic) bond motifs is 2. The van der Waals surface area contributed by atoms with Crippen molar-refractivity contribution in [2.75, 3.05) is 49.1 Å². The van der Waals surface area contributed by atoms with Crippen molar-refractivity contribution in [3.63, 3.8) is 0 Å². The van der Waals surface area contributed by atoms with E-state index in [9.17, 15) is 9.59 Å². The van der Waals surface area contributed by atoms with Crippen LogP contribution in [0.3, 0.4) is 0 Å². The molecular formula is C23H23ClN4O3. The SMILES string of the molecule is CCN1C(=O)Cc2cc(C(=O)CN3CCN(c4noc5cc(Cl)ccc45)CC3)ccc21. The molecule has 160 valence electrons. The third kappa shape index (κ3) is 3.68. The van der Waals surface area contributed by atoms with Gasteiger partial charge in [-0.1, -0.05) is 16.8 Å². The largest absolute Gasteiger partial charge is 0.354 e. The van der Waals surface area contributed by atoms with E-state index in [-0.39, 0.29) is 11.7 Å². The molecule has 2 aromatic carbocycles. The molecule has 0 spiro atoms. The van der Waals surface area contributed by atoms with Crippen LogP contribution in [0.2, 0.25) is 5.02 Å². The number of carbonyl (C=O) groups excluding carboxylic acids is 2. The molecule has 31 heavy (non-hydrogen) atoms. The van der Waals surface area contributed by atoms with Crippen molar-refractivity contribution in [1.82, 2.24) is 10.1 Å². The predicted molar refractivity (Wildman–Crippen MR) is 120 cm³/mol. The topological polar surface area (TPSA) is 69.9 Å². The highest BCUT2D eigenvalue weighted by molar-refractivity contribution is 6.31. The van der Waals surface area contributed by atoms with Crippen LogP contribution in [-0.2, 0) is 11.2 Å².